The highest BCUT2D eigenvalue weighted by atomic mass is 32.1. The van der Waals surface area contributed by atoms with Gasteiger partial charge in [-0.1, -0.05) is 30.9 Å². The van der Waals surface area contributed by atoms with Crippen LogP contribution in [0.5, 0.6) is 0 Å². The fraction of sp³-hybridized carbons (Fsp3) is 0.400. The summed E-state index contributed by atoms with van der Waals surface area (Å²) in [6, 6.07) is 7.77. The van der Waals surface area contributed by atoms with E-state index in [4.69, 9.17) is 4.42 Å². The van der Waals surface area contributed by atoms with Gasteiger partial charge in [0, 0.05) is 18.5 Å². The number of hydrogen-bond acceptors (Lipinski definition) is 4. The fourth-order valence-electron chi connectivity index (χ4n) is 3.72. The van der Waals surface area contributed by atoms with Crippen LogP contribution in [0, 0.1) is 6.92 Å². The minimum Gasteiger partial charge on any atom is -0.422 e. The average Bonchev–Trinajstić information content (AvgIpc) is 3.08. The van der Waals surface area contributed by atoms with Crippen molar-refractivity contribution in [2.24, 2.45) is 0 Å². The van der Waals surface area contributed by atoms with E-state index in [1.54, 1.807) is 6.07 Å². The van der Waals surface area contributed by atoms with Gasteiger partial charge in [-0.15, -0.1) is 11.3 Å². The van der Waals surface area contributed by atoms with Gasteiger partial charge in [0.05, 0.1) is 15.0 Å². The Kier molecular flexibility index (Phi) is 4.12. The minimum absolute atomic E-state index is 0.00769. The van der Waals surface area contributed by atoms with Crippen LogP contribution in [0.1, 0.15) is 47.3 Å². The van der Waals surface area contributed by atoms with Crippen LogP contribution in [0.25, 0.3) is 21.1 Å². The number of thiophene rings is 1. The maximum atomic E-state index is 12.9. The maximum Gasteiger partial charge on any atom is 0.345 e. The molecule has 0 aliphatic heterocycles. The number of rotatable bonds is 2. The number of amides is 1. The van der Waals surface area contributed by atoms with Crippen LogP contribution < -0.4 is 5.63 Å². The molecule has 0 saturated heterocycles. The SMILES string of the molecule is Cc1ccc2oc(=O)c3cc(C(=O)N(C)C4CCCCC4)sc3c2c1. The maximum absolute atomic E-state index is 12.9. The van der Waals surface area contributed by atoms with Crippen LogP contribution in [0.4, 0.5) is 0 Å². The fourth-order valence-corrected chi connectivity index (χ4v) is 4.87. The highest BCUT2D eigenvalue weighted by Crippen LogP contribution is 2.32. The highest BCUT2D eigenvalue weighted by molar-refractivity contribution is 7.21. The van der Waals surface area contributed by atoms with Crippen molar-refractivity contribution >= 4 is 38.3 Å². The summed E-state index contributed by atoms with van der Waals surface area (Å²) in [7, 11) is 1.88. The van der Waals surface area contributed by atoms with Crippen molar-refractivity contribution in [2.75, 3.05) is 7.05 Å². The number of carbonyl (C=O) groups is 1. The Morgan fingerprint density at radius 3 is 2.68 bits per heavy atom. The van der Waals surface area contributed by atoms with Crippen LogP contribution in [0.2, 0.25) is 0 Å². The van der Waals surface area contributed by atoms with Gasteiger partial charge in [-0.2, -0.15) is 0 Å². The lowest BCUT2D eigenvalue weighted by Gasteiger charge is -2.30. The average molecular weight is 355 g/mol. The first-order valence-electron chi connectivity index (χ1n) is 8.79. The second-order valence-electron chi connectivity index (χ2n) is 6.95. The van der Waals surface area contributed by atoms with E-state index in [1.165, 1.54) is 30.6 Å². The van der Waals surface area contributed by atoms with Crippen molar-refractivity contribution in [2.45, 2.75) is 45.1 Å². The van der Waals surface area contributed by atoms with E-state index < -0.39 is 0 Å². The Morgan fingerprint density at radius 1 is 1.16 bits per heavy atom. The molecule has 5 heteroatoms. The molecule has 0 spiro atoms. The molecule has 130 valence electrons. The predicted octanol–water partition coefficient (Wildman–Crippen LogP) is 4.72. The topological polar surface area (TPSA) is 50.5 Å². The van der Waals surface area contributed by atoms with E-state index in [0.717, 1.165) is 28.5 Å². The number of nitrogens with zero attached hydrogens (tertiary/aromatic N) is 1. The lowest BCUT2D eigenvalue weighted by molar-refractivity contribution is 0.0701. The Balaban J connectivity index is 1.79. The molecule has 3 aromatic rings. The molecule has 1 amide bonds. The Labute approximate surface area is 150 Å². The molecule has 0 bridgehead atoms. The first kappa shape index (κ1) is 16.3. The van der Waals surface area contributed by atoms with Gasteiger partial charge in [0.2, 0.25) is 0 Å². The molecule has 1 aliphatic rings. The molecule has 4 nitrogen and oxygen atoms in total. The first-order valence-corrected chi connectivity index (χ1v) is 9.60. The molecule has 2 aromatic heterocycles. The normalized spacial score (nSPS) is 15.8. The van der Waals surface area contributed by atoms with Gasteiger partial charge in [-0.3, -0.25) is 4.79 Å². The van der Waals surface area contributed by atoms with Crippen LogP contribution >= 0.6 is 11.3 Å². The van der Waals surface area contributed by atoms with Gasteiger partial charge < -0.3 is 9.32 Å². The zero-order valence-corrected chi connectivity index (χ0v) is 15.3. The van der Waals surface area contributed by atoms with Gasteiger partial charge in [0.15, 0.2) is 0 Å². The van der Waals surface area contributed by atoms with E-state index in [0.29, 0.717) is 21.9 Å². The lowest BCUT2D eigenvalue weighted by Crippen LogP contribution is -2.37. The van der Waals surface area contributed by atoms with Crippen LogP contribution in [-0.2, 0) is 0 Å². The first-order chi connectivity index (χ1) is 12.0. The number of aryl methyl sites for hydroxylation is 1. The van der Waals surface area contributed by atoms with Crippen molar-refractivity contribution in [1.29, 1.82) is 0 Å². The Bertz CT molecular complexity index is 1010. The molecule has 0 radical (unpaired) electrons. The summed E-state index contributed by atoms with van der Waals surface area (Å²) >= 11 is 1.40. The number of carbonyl (C=O) groups excluding carboxylic acids is 1. The minimum atomic E-state index is -0.373. The monoisotopic (exact) mass is 355 g/mol. The van der Waals surface area contributed by atoms with Gasteiger partial charge >= 0.3 is 5.63 Å². The van der Waals surface area contributed by atoms with Crippen molar-refractivity contribution in [3.8, 4) is 0 Å². The molecule has 0 atom stereocenters. The number of benzene rings is 1. The van der Waals surface area contributed by atoms with E-state index in [1.807, 2.05) is 37.1 Å². The Morgan fingerprint density at radius 2 is 1.92 bits per heavy atom. The van der Waals surface area contributed by atoms with E-state index >= 15 is 0 Å². The quantitative estimate of drug-likeness (QED) is 0.625. The third kappa shape index (κ3) is 2.86. The van der Waals surface area contributed by atoms with Crippen molar-refractivity contribution in [3.05, 3.63) is 45.1 Å². The second kappa shape index (κ2) is 6.30. The van der Waals surface area contributed by atoms with Gasteiger partial charge in [0.25, 0.3) is 5.91 Å². The molecule has 1 aromatic carbocycles. The summed E-state index contributed by atoms with van der Waals surface area (Å²) in [5.41, 5.74) is 1.30. The number of hydrogen-bond donors (Lipinski definition) is 0. The van der Waals surface area contributed by atoms with Crippen molar-refractivity contribution in [3.63, 3.8) is 0 Å². The Hall–Kier alpha value is -2.14. The summed E-state index contributed by atoms with van der Waals surface area (Å²) in [5.74, 6) is 0.00769. The zero-order chi connectivity index (χ0) is 17.6. The van der Waals surface area contributed by atoms with E-state index in [9.17, 15) is 9.59 Å². The zero-order valence-electron chi connectivity index (χ0n) is 14.5. The largest absolute Gasteiger partial charge is 0.422 e. The molecule has 2 heterocycles. The van der Waals surface area contributed by atoms with E-state index in [-0.39, 0.29) is 11.5 Å². The molecule has 4 rings (SSSR count). The van der Waals surface area contributed by atoms with Gasteiger partial charge in [0.1, 0.15) is 5.58 Å². The summed E-state index contributed by atoms with van der Waals surface area (Å²) in [6.07, 6.45) is 5.76. The molecular formula is C20H21NO3S. The summed E-state index contributed by atoms with van der Waals surface area (Å²) in [6.45, 7) is 2.01. The molecule has 0 N–H and O–H groups in total. The standard InChI is InChI=1S/C20H21NO3S/c1-12-8-9-16-14(10-12)18-15(20(23)24-16)11-17(25-18)19(22)21(2)13-6-4-3-5-7-13/h8-11,13H,3-7H2,1-2H3. The summed E-state index contributed by atoms with van der Waals surface area (Å²) in [5, 5.41) is 1.41. The van der Waals surface area contributed by atoms with E-state index in [2.05, 4.69) is 0 Å². The number of fused-ring (bicyclic) bond motifs is 3. The summed E-state index contributed by atoms with van der Waals surface area (Å²) < 4.78 is 6.27. The smallest absolute Gasteiger partial charge is 0.345 e. The molecule has 1 fully saturated rings. The van der Waals surface area contributed by atoms with Crippen molar-refractivity contribution in [1.82, 2.24) is 4.90 Å². The molecular weight excluding hydrogens is 334 g/mol. The van der Waals surface area contributed by atoms with Crippen LogP contribution in [0.3, 0.4) is 0 Å². The van der Waals surface area contributed by atoms with Crippen LogP contribution in [0.15, 0.2) is 33.5 Å². The third-order valence-electron chi connectivity index (χ3n) is 5.19. The van der Waals surface area contributed by atoms with Gasteiger partial charge in [-0.05, 0) is 38.0 Å². The molecule has 1 aliphatic carbocycles. The highest BCUT2D eigenvalue weighted by Gasteiger charge is 2.25. The van der Waals surface area contributed by atoms with Gasteiger partial charge in [-0.25, -0.2) is 4.79 Å². The second-order valence-corrected chi connectivity index (χ2v) is 8.00. The molecule has 1 saturated carbocycles. The molecule has 0 unspecified atom stereocenters. The molecule has 25 heavy (non-hydrogen) atoms. The lowest BCUT2D eigenvalue weighted by atomic mass is 9.94. The third-order valence-corrected chi connectivity index (χ3v) is 6.34. The van der Waals surface area contributed by atoms with Crippen molar-refractivity contribution < 1.29 is 9.21 Å². The predicted molar refractivity (Wildman–Crippen MR) is 102 cm³/mol. The van der Waals surface area contributed by atoms with Crippen LogP contribution in [-0.4, -0.2) is 23.9 Å². The summed E-state index contributed by atoms with van der Waals surface area (Å²) in [4.78, 5) is 27.7.